The molecule has 0 fully saturated rings. The van der Waals surface area contributed by atoms with Gasteiger partial charge in [-0.25, -0.2) is 0 Å². The van der Waals surface area contributed by atoms with Gasteiger partial charge in [0.1, 0.15) is 0 Å². The van der Waals surface area contributed by atoms with Crippen molar-refractivity contribution in [3.8, 4) is 33.4 Å². The minimum absolute atomic E-state index is 0.346. The maximum absolute atomic E-state index is 13.3. The van der Waals surface area contributed by atoms with Crippen molar-refractivity contribution >= 4 is 64.6 Å². The molecule has 51 heavy (non-hydrogen) atoms. The van der Waals surface area contributed by atoms with Gasteiger partial charge in [-0.05, 0) is 104 Å². The second-order valence-corrected chi connectivity index (χ2v) is 12.8. The van der Waals surface area contributed by atoms with Crippen molar-refractivity contribution in [2.24, 2.45) is 0 Å². The molecule has 3 N–H and O–H groups in total. The summed E-state index contributed by atoms with van der Waals surface area (Å²) in [6, 6.07) is 32.4. The lowest BCUT2D eigenvalue weighted by Gasteiger charge is -2.16. The fourth-order valence-corrected chi connectivity index (χ4v) is 7.91. The Bertz CT molecular complexity index is 3130. The minimum Gasteiger partial charge on any atom is -0.288 e. The van der Waals surface area contributed by atoms with Gasteiger partial charge in [-0.15, -0.1) is 0 Å². The molecule has 0 radical (unpaired) electrons. The monoisotopic (exact) mass is 663 g/mol. The molecule has 0 amide bonds. The van der Waals surface area contributed by atoms with Crippen LogP contribution in [0.2, 0.25) is 0 Å². The number of benzene rings is 7. The van der Waals surface area contributed by atoms with Crippen molar-refractivity contribution in [1.29, 1.82) is 0 Å². The Morgan fingerprint density at radius 2 is 0.529 bits per heavy atom. The molecule has 0 aliphatic rings. The first-order valence-electron chi connectivity index (χ1n) is 16.2. The van der Waals surface area contributed by atoms with Gasteiger partial charge >= 0.3 is 0 Å². The average Bonchev–Trinajstić information content (AvgIpc) is 3.58. The van der Waals surface area contributed by atoms with Crippen molar-refractivity contribution < 1.29 is 0 Å². The number of fused-ring (bicyclic) bond motifs is 9. The van der Waals surface area contributed by atoms with E-state index >= 15 is 0 Å². The third kappa shape index (κ3) is 3.97. The van der Waals surface area contributed by atoms with Crippen molar-refractivity contribution in [2.75, 3.05) is 0 Å². The SMILES string of the molecule is O=c1[nH]c(=O)c2ccc1c1cccc(-c3cc(-c4cccc5c6ccc(c(=O)[nH]c6=O)c45)cc(-c4cccc5c6ccc(c(=O)[nH]c6=O)c45)c3)c21. The molecule has 0 unspecified atom stereocenters. The predicted molar refractivity (Wildman–Crippen MR) is 202 cm³/mol. The molecule has 13 rings (SSSR count). The van der Waals surface area contributed by atoms with E-state index in [-0.39, 0.29) is 0 Å². The first kappa shape index (κ1) is 28.7. The van der Waals surface area contributed by atoms with E-state index in [0.717, 1.165) is 0 Å². The summed E-state index contributed by atoms with van der Waals surface area (Å²) < 4.78 is 0. The fourth-order valence-electron chi connectivity index (χ4n) is 7.91. The Labute approximate surface area is 283 Å². The molecular formula is C42H21N3O6. The number of H-pyrrole nitrogens is 3. The maximum Gasteiger partial charge on any atom is 0.258 e. The van der Waals surface area contributed by atoms with E-state index < -0.39 is 33.4 Å². The van der Waals surface area contributed by atoms with Crippen LogP contribution < -0.4 is 33.4 Å². The van der Waals surface area contributed by atoms with Crippen LogP contribution in [-0.4, -0.2) is 15.0 Å². The van der Waals surface area contributed by atoms with Gasteiger partial charge < -0.3 is 0 Å². The summed E-state index contributed by atoms with van der Waals surface area (Å²) in [4.78, 5) is 86.1. The van der Waals surface area contributed by atoms with Crippen LogP contribution in [0.25, 0.3) is 98.0 Å². The quantitative estimate of drug-likeness (QED) is 0.209. The molecule has 0 aliphatic carbocycles. The van der Waals surface area contributed by atoms with Gasteiger partial charge in [0.05, 0.1) is 0 Å². The molecular weight excluding hydrogens is 642 g/mol. The Hall–Kier alpha value is -7.26. The lowest BCUT2D eigenvalue weighted by atomic mass is 9.87. The molecule has 9 nitrogen and oxygen atoms in total. The summed E-state index contributed by atoms with van der Waals surface area (Å²) in [5, 5.41) is 5.84. The van der Waals surface area contributed by atoms with Crippen LogP contribution in [0.1, 0.15) is 0 Å². The summed E-state index contributed by atoms with van der Waals surface area (Å²) >= 11 is 0. The Balaban J connectivity index is 1.39. The number of nitrogens with one attached hydrogen (secondary N) is 3. The van der Waals surface area contributed by atoms with Crippen molar-refractivity contribution in [1.82, 2.24) is 15.0 Å². The second kappa shape index (κ2) is 10.1. The fraction of sp³-hybridized carbons (Fsp3) is 0. The van der Waals surface area contributed by atoms with Crippen molar-refractivity contribution in [2.45, 2.75) is 0 Å². The normalized spacial score (nSPS) is 12.0. The number of rotatable bonds is 3. The largest absolute Gasteiger partial charge is 0.288 e. The summed E-state index contributed by atoms with van der Waals surface area (Å²) in [6.07, 6.45) is 0. The Kier molecular flexibility index (Phi) is 5.71. The number of aromatic nitrogens is 3. The lowest BCUT2D eigenvalue weighted by molar-refractivity contribution is 1.24. The van der Waals surface area contributed by atoms with E-state index in [1.165, 1.54) is 0 Å². The molecule has 0 saturated heterocycles. The zero-order valence-electron chi connectivity index (χ0n) is 26.3. The zero-order valence-corrected chi connectivity index (χ0v) is 26.3. The summed E-state index contributed by atoms with van der Waals surface area (Å²) in [6.45, 7) is 0. The second-order valence-electron chi connectivity index (χ2n) is 12.8. The highest BCUT2D eigenvalue weighted by atomic mass is 16.2. The first-order chi connectivity index (χ1) is 24.8. The van der Waals surface area contributed by atoms with Gasteiger partial charge in [0, 0.05) is 48.5 Å². The van der Waals surface area contributed by atoms with Crippen LogP contribution in [0.3, 0.4) is 0 Å². The van der Waals surface area contributed by atoms with E-state index in [4.69, 9.17) is 0 Å². The van der Waals surface area contributed by atoms with E-state index in [0.29, 0.717) is 98.0 Å². The molecule has 0 atom stereocenters. The van der Waals surface area contributed by atoms with Crippen LogP contribution in [0.5, 0.6) is 0 Å². The molecule has 6 aromatic heterocycles. The zero-order chi connectivity index (χ0) is 34.7. The highest BCUT2D eigenvalue weighted by Crippen LogP contribution is 2.42. The molecule has 0 saturated carbocycles. The van der Waals surface area contributed by atoms with Crippen LogP contribution in [0, 0.1) is 0 Å². The molecule has 9 heteroatoms. The van der Waals surface area contributed by atoms with Crippen molar-refractivity contribution in [3.05, 3.63) is 171 Å². The van der Waals surface area contributed by atoms with Crippen LogP contribution in [0.4, 0.5) is 0 Å². The predicted octanol–water partition coefficient (Wildman–Crippen LogP) is 6.07. The van der Waals surface area contributed by atoms with E-state index in [9.17, 15) is 28.8 Å². The van der Waals surface area contributed by atoms with E-state index in [1.807, 2.05) is 72.8 Å². The van der Waals surface area contributed by atoms with Gasteiger partial charge in [0.25, 0.3) is 33.4 Å². The van der Waals surface area contributed by atoms with Gasteiger partial charge in [0.15, 0.2) is 0 Å². The molecule has 7 aromatic carbocycles. The maximum atomic E-state index is 13.3. The first-order valence-corrected chi connectivity index (χ1v) is 16.2. The number of hydrogen-bond donors (Lipinski definition) is 3. The topological polar surface area (TPSA) is 150 Å². The number of aromatic amines is 3. The summed E-state index contributed by atoms with van der Waals surface area (Å²) in [5.41, 5.74) is 1.21. The molecule has 0 spiro atoms. The van der Waals surface area contributed by atoms with Crippen LogP contribution in [-0.2, 0) is 0 Å². The van der Waals surface area contributed by atoms with Gasteiger partial charge in [-0.1, -0.05) is 54.6 Å². The third-order valence-corrected chi connectivity index (χ3v) is 10.1. The summed E-state index contributed by atoms with van der Waals surface area (Å²) in [5.74, 6) is 0. The standard InChI is InChI=1S/C42H21N3O6/c46-37-28-10-13-31(40(49)43-37)34-22(4-1-7-25(28)34)19-16-20(23-5-2-8-26-29-11-14-32(35(23)26)41(50)44-38(29)47)18-21(17-19)24-6-3-9-27-30-12-15-33(36(24)27)42(51)45-39(30)48/h1-18H,(H,43,46,49)(H,44,47,50)(H,45,48,51). The van der Waals surface area contributed by atoms with Crippen LogP contribution in [0.15, 0.2) is 138 Å². The molecule has 0 aliphatic heterocycles. The van der Waals surface area contributed by atoms with Gasteiger partial charge in [0.2, 0.25) is 0 Å². The highest BCUT2D eigenvalue weighted by Gasteiger charge is 2.19. The van der Waals surface area contributed by atoms with E-state index in [1.54, 1.807) is 36.4 Å². The van der Waals surface area contributed by atoms with Crippen molar-refractivity contribution in [3.63, 3.8) is 0 Å². The summed E-state index contributed by atoms with van der Waals surface area (Å²) in [7, 11) is 0. The van der Waals surface area contributed by atoms with Gasteiger partial charge in [-0.3, -0.25) is 43.7 Å². The molecule has 6 heterocycles. The number of hydrogen-bond acceptors (Lipinski definition) is 6. The molecule has 6 bridgehead atoms. The van der Waals surface area contributed by atoms with E-state index in [2.05, 4.69) is 15.0 Å². The Morgan fingerprint density at radius 1 is 0.275 bits per heavy atom. The Morgan fingerprint density at radius 3 is 0.824 bits per heavy atom. The average molecular weight is 664 g/mol. The molecule has 240 valence electrons. The minimum atomic E-state index is -0.505. The molecule has 13 aromatic rings. The smallest absolute Gasteiger partial charge is 0.258 e. The van der Waals surface area contributed by atoms with Gasteiger partial charge in [-0.2, -0.15) is 0 Å². The third-order valence-electron chi connectivity index (χ3n) is 10.1. The highest BCUT2D eigenvalue weighted by molar-refractivity contribution is 6.18. The van der Waals surface area contributed by atoms with Crippen LogP contribution >= 0.6 is 0 Å². The lowest BCUT2D eigenvalue weighted by Crippen LogP contribution is -2.12.